The van der Waals surface area contributed by atoms with Crippen molar-refractivity contribution in [3.8, 4) is 0 Å². The molecule has 30 heavy (non-hydrogen) atoms. The van der Waals surface area contributed by atoms with E-state index in [0.29, 0.717) is 11.4 Å². The third-order valence-corrected chi connectivity index (χ3v) is 4.69. The summed E-state index contributed by atoms with van der Waals surface area (Å²) in [6.45, 7) is 0. The predicted molar refractivity (Wildman–Crippen MR) is 125 cm³/mol. The Kier molecular flexibility index (Phi) is 5.67. The molecule has 4 aromatic rings. The van der Waals surface area contributed by atoms with Crippen LogP contribution in [-0.4, -0.2) is 11.7 Å². The van der Waals surface area contributed by atoms with Gasteiger partial charge in [-0.3, -0.25) is 10.3 Å². The Morgan fingerprint density at radius 2 is 1.03 bits per heavy atom. The molecular weight excluding hydrogens is 368 g/mol. The summed E-state index contributed by atoms with van der Waals surface area (Å²) in [6.07, 6.45) is 0. The molecule has 0 bridgehead atoms. The number of hydrogen-bond donors (Lipinski definition) is 2. The molecular formula is C26H22N4. The summed E-state index contributed by atoms with van der Waals surface area (Å²) >= 11 is 0. The van der Waals surface area contributed by atoms with Crippen molar-refractivity contribution in [3.05, 3.63) is 126 Å². The second-order valence-electron chi connectivity index (χ2n) is 6.74. The molecule has 4 aromatic carbocycles. The molecule has 0 amide bonds. The number of amidine groups is 2. The van der Waals surface area contributed by atoms with E-state index in [2.05, 4.69) is 4.90 Å². The molecule has 0 saturated heterocycles. The lowest BCUT2D eigenvalue weighted by atomic mass is 10.0. The van der Waals surface area contributed by atoms with Gasteiger partial charge in [0.1, 0.15) is 11.7 Å². The fourth-order valence-electron chi connectivity index (χ4n) is 3.32. The van der Waals surface area contributed by atoms with Crippen molar-refractivity contribution in [2.75, 3.05) is 4.90 Å². The average Bonchev–Trinajstić information content (AvgIpc) is 2.81. The van der Waals surface area contributed by atoms with E-state index >= 15 is 0 Å². The highest BCUT2D eigenvalue weighted by Gasteiger charge is 2.21. The van der Waals surface area contributed by atoms with Gasteiger partial charge in [-0.1, -0.05) is 78.9 Å². The molecule has 0 radical (unpaired) electrons. The van der Waals surface area contributed by atoms with E-state index < -0.39 is 0 Å². The van der Waals surface area contributed by atoms with Crippen molar-refractivity contribution < 1.29 is 0 Å². The molecule has 4 rings (SSSR count). The number of nitrogens with one attached hydrogen (secondary N) is 1. The quantitative estimate of drug-likeness (QED) is 0.330. The summed E-state index contributed by atoms with van der Waals surface area (Å²) in [5.41, 5.74) is 10.1. The normalized spacial score (nSPS) is 11.1. The monoisotopic (exact) mass is 390 g/mol. The molecule has 0 heterocycles. The minimum Gasteiger partial charge on any atom is -0.384 e. The fourth-order valence-corrected chi connectivity index (χ4v) is 3.32. The minimum atomic E-state index is 0.00688. The second kappa shape index (κ2) is 8.88. The molecule has 0 fully saturated rings. The molecule has 4 heteroatoms. The van der Waals surface area contributed by atoms with E-state index in [4.69, 9.17) is 16.1 Å². The Bertz CT molecular complexity index is 1110. The van der Waals surface area contributed by atoms with Crippen LogP contribution >= 0.6 is 0 Å². The molecule has 0 saturated carbocycles. The van der Waals surface area contributed by atoms with Crippen molar-refractivity contribution in [1.82, 2.24) is 0 Å². The Balaban J connectivity index is 2.01. The van der Waals surface area contributed by atoms with E-state index in [1.807, 2.05) is 115 Å². The summed E-state index contributed by atoms with van der Waals surface area (Å²) in [6, 6.07) is 37.6. The van der Waals surface area contributed by atoms with Gasteiger partial charge in [0.25, 0.3) is 0 Å². The number of nitrogens with zero attached hydrogens (tertiary/aromatic N) is 2. The van der Waals surface area contributed by atoms with E-state index in [1.165, 1.54) is 0 Å². The number of rotatable bonds is 5. The van der Waals surface area contributed by atoms with Crippen LogP contribution in [-0.2, 0) is 0 Å². The molecule has 0 aromatic heterocycles. The Labute approximate surface area is 176 Å². The molecule has 0 aliphatic carbocycles. The van der Waals surface area contributed by atoms with Gasteiger partial charge in [0.05, 0.1) is 5.69 Å². The summed E-state index contributed by atoms with van der Waals surface area (Å²) in [7, 11) is 0. The first-order valence-electron chi connectivity index (χ1n) is 9.72. The van der Waals surface area contributed by atoms with Crippen LogP contribution in [0.5, 0.6) is 0 Å². The lowest BCUT2D eigenvalue weighted by Crippen LogP contribution is -2.29. The van der Waals surface area contributed by atoms with Gasteiger partial charge in [-0.05, 0) is 36.4 Å². The van der Waals surface area contributed by atoms with Crippen LogP contribution in [0.2, 0.25) is 0 Å². The maximum atomic E-state index is 8.10. The van der Waals surface area contributed by atoms with Gasteiger partial charge in [-0.2, -0.15) is 0 Å². The highest BCUT2D eigenvalue weighted by Crippen LogP contribution is 2.30. The first-order chi connectivity index (χ1) is 14.7. The maximum absolute atomic E-state index is 8.10. The SMILES string of the molecule is N=C(N)c1ccccc1C(=Nc1ccccc1)N(c1ccccc1)c1ccccc1. The van der Waals surface area contributed by atoms with Crippen LogP contribution in [0.25, 0.3) is 0 Å². The van der Waals surface area contributed by atoms with Gasteiger partial charge in [0, 0.05) is 22.5 Å². The Morgan fingerprint density at radius 3 is 1.53 bits per heavy atom. The van der Waals surface area contributed by atoms with Crippen molar-refractivity contribution in [1.29, 1.82) is 5.41 Å². The van der Waals surface area contributed by atoms with Gasteiger partial charge in [0.2, 0.25) is 0 Å². The summed E-state index contributed by atoms with van der Waals surface area (Å²) in [4.78, 5) is 7.11. The fraction of sp³-hybridized carbons (Fsp3) is 0. The van der Waals surface area contributed by atoms with Crippen molar-refractivity contribution in [2.45, 2.75) is 0 Å². The van der Waals surface area contributed by atoms with Crippen LogP contribution in [0, 0.1) is 5.41 Å². The average molecular weight is 390 g/mol. The van der Waals surface area contributed by atoms with Crippen molar-refractivity contribution in [3.63, 3.8) is 0 Å². The largest absolute Gasteiger partial charge is 0.384 e. The lowest BCUT2D eigenvalue weighted by Gasteiger charge is -2.28. The molecule has 0 unspecified atom stereocenters. The second-order valence-corrected chi connectivity index (χ2v) is 6.74. The predicted octanol–water partition coefficient (Wildman–Crippen LogP) is 5.89. The van der Waals surface area contributed by atoms with E-state index in [0.717, 1.165) is 22.6 Å². The number of aliphatic imine (C=N–C) groups is 1. The van der Waals surface area contributed by atoms with Gasteiger partial charge in [-0.25, -0.2) is 4.99 Å². The van der Waals surface area contributed by atoms with Crippen molar-refractivity contribution >= 4 is 28.7 Å². The summed E-state index contributed by atoms with van der Waals surface area (Å²) in [5, 5.41) is 8.10. The molecule has 0 atom stereocenters. The van der Waals surface area contributed by atoms with Gasteiger partial charge >= 0.3 is 0 Å². The molecule has 146 valence electrons. The standard InChI is InChI=1S/C26H22N4/c27-25(28)23-18-10-11-19-24(23)26(29-20-12-4-1-5-13-20)30(21-14-6-2-7-15-21)22-16-8-3-9-17-22/h1-19H,(H3,27,28). The number of anilines is 2. The number of benzene rings is 4. The van der Waals surface area contributed by atoms with Crippen LogP contribution in [0.1, 0.15) is 11.1 Å². The van der Waals surface area contributed by atoms with Crippen LogP contribution in [0.3, 0.4) is 0 Å². The summed E-state index contributed by atoms with van der Waals surface area (Å²) < 4.78 is 0. The minimum absolute atomic E-state index is 0.00688. The summed E-state index contributed by atoms with van der Waals surface area (Å²) in [5.74, 6) is 0.705. The van der Waals surface area contributed by atoms with Crippen LogP contribution in [0.4, 0.5) is 17.1 Å². The van der Waals surface area contributed by atoms with Gasteiger partial charge < -0.3 is 5.73 Å². The first kappa shape index (κ1) is 19.2. The van der Waals surface area contributed by atoms with Gasteiger partial charge in [0.15, 0.2) is 0 Å². The van der Waals surface area contributed by atoms with Crippen LogP contribution < -0.4 is 10.6 Å². The number of para-hydroxylation sites is 3. The molecule has 0 spiro atoms. The Hall–Kier alpha value is -4.18. The topological polar surface area (TPSA) is 65.5 Å². The molecule has 3 N–H and O–H groups in total. The lowest BCUT2D eigenvalue weighted by molar-refractivity contribution is 1.30. The zero-order valence-electron chi connectivity index (χ0n) is 16.4. The van der Waals surface area contributed by atoms with Crippen molar-refractivity contribution in [2.24, 2.45) is 10.7 Å². The molecule has 0 aliphatic rings. The zero-order chi connectivity index (χ0) is 20.8. The number of nitrogen functional groups attached to an aromatic ring is 1. The van der Waals surface area contributed by atoms with Gasteiger partial charge in [-0.15, -0.1) is 0 Å². The van der Waals surface area contributed by atoms with E-state index in [9.17, 15) is 0 Å². The third kappa shape index (κ3) is 4.13. The molecule has 4 nitrogen and oxygen atoms in total. The highest BCUT2D eigenvalue weighted by atomic mass is 15.2. The first-order valence-corrected chi connectivity index (χ1v) is 9.72. The molecule has 0 aliphatic heterocycles. The maximum Gasteiger partial charge on any atom is 0.146 e. The third-order valence-electron chi connectivity index (χ3n) is 4.69. The highest BCUT2D eigenvalue weighted by molar-refractivity contribution is 6.19. The smallest absolute Gasteiger partial charge is 0.146 e. The van der Waals surface area contributed by atoms with E-state index in [1.54, 1.807) is 0 Å². The zero-order valence-corrected chi connectivity index (χ0v) is 16.4. The Morgan fingerprint density at radius 1 is 0.600 bits per heavy atom. The van der Waals surface area contributed by atoms with Crippen LogP contribution in [0.15, 0.2) is 120 Å². The number of nitrogens with two attached hydrogens (primary N) is 1. The van der Waals surface area contributed by atoms with E-state index in [-0.39, 0.29) is 5.84 Å². The number of hydrogen-bond acceptors (Lipinski definition) is 2.